The number of hydrogen-bond acceptors (Lipinski definition) is 1. The van der Waals surface area contributed by atoms with E-state index in [9.17, 15) is 0 Å². The molecule has 0 radical (unpaired) electrons. The molecule has 1 aromatic carbocycles. The predicted molar refractivity (Wildman–Crippen MR) is 92.6 cm³/mol. The molecule has 118 valence electrons. The lowest BCUT2D eigenvalue weighted by Crippen LogP contribution is -2.47. The maximum Gasteiger partial charge on any atom is 0.0103 e. The van der Waals surface area contributed by atoms with Gasteiger partial charge >= 0.3 is 0 Å². The summed E-state index contributed by atoms with van der Waals surface area (Å²) in [7, 11) is 0. The highest BCUT2D eigenvalue weighted by Crippen LogP contribution is 2.42. The molecule has 0 bridgehead atoms. The zero-order valence-electron chi connectivity index (χ0n) is 14.6. The van der Waals surface area contributed by atoms with E-state index in [-0.39, 0.29) is 0 Å². The Kier molecular flexibility index (Phi) is 5.48. The lowest BCUT2D eigenvalue weighted by atomic mass is 9.64. The van der Waals surface area contributed by atoms with Crippen LogP contribution < -0.4 is 5.32 Å². The van der Waals surface area contributed by atoms with Gasteiger partial charge in [0, 0.05) is 6.04 Å². The fraction of sp³-hybridized carbons (Fsp3) is 0.700. The largest absolute Gasteiger partial charge is 0.314 e. The van der Waals surface area contributed by atoms with Crippen LogP contribution in [0.5, 0.6) is 0 Å². The molecule has 0 spiro atoms. The lowest BCUT2D eigenvalue weighted by molar-refractivity contribution is 0.0949. The van der Waals surface area contributed by atoms with Crippen LogP contribution in [0.4, 0.5) is 0 Å². The summed E-state index contributed by atoms with van der Waals surface area (Å²) in [5, 5.41) is 3.77. The molecule has 0 saturated heterocycles. The van der Waals surface area contributed by atoms with Gasteiger partial charge < -0.3 is 5.32 Å². The monoisotopic (exact) mass is 287 g/mol. The molecule has 3 unspecified atom stereocenters. The Morgan fingerprint density at radius 1 is 1.24 bits per heavy atom. The molecular formula is C20H33N. The molecule has 0 aliphatic heterocycles. The van der Waals surface area contributed by atoms with Gasteiger partial charge in [0.25, 0.3) is 0 Å². The van der Waals surface area contributed by atoms with Crippen molar-refractivity contribution in [1.82, 2.24) is 5.32 Å². The van der Waals surface area contributed by atoms with Gasteiger partial charge in [0.05, 0.1) is 0 Å². The lowest BCUT2D eigenvalue weighted by Gasteiger charge is -2.45. The third-order valence-corrected chi connectivity index (χ3v) is 5.32. The Morgan fingerprint density at radius 3 is 2.67 bits per heavy atom. The van der Waals surface area contributed by atoms with Gasteiger partial charge in [-0.1, -0.05) is 63.9 Å². The summed E-state index contributed by atoms with van der Waals surface area (Å²) in [5.74, 6) is 1.66. The van der Waals surface area contributed by atoms with Crippen molar-refractivity contribution < 1.29 is 0 Å². The number of benzene rings is 1. The maximum atomic E-state index is 3.77. The standard InChI is InChI=1S/C20H33N/c1-6-21-19-13-16(3)10-11-18(19)20(4,5)14-17-9-7-8-15(2)12-17/h7-9,12,16,18-19,21H,6,10-11,13-14H2,1-5H3. The van der Waals surface area contributed by atoms with Gasteiger partial charge in [-0.25, -0.2) is 0 Å². The Balaban J connectivity index is 2.12. The predicted octanol–water partition coefficient (Wildman–Crippen LogP) is 4.98. The zero-order chi connectivity index (χ0) is 15.5. The topological polar surface area (TPSA) is 12.0 Å². The minimum Gasteiger partial charge on any atom is -0.314 e. The van der Waals surface area contributed by atoms with Crippen LogP contribution in [0.3, 0.4) is 0 Å². The van der Waals surface area contributed by atoms with E-state index in [0.717, 1.165) is 18.4 Å². The molecule has 1 heteroatoms. The van der Waals surface area contributed by atoms with Gasteiger partial charge in [-0.3, -0.25) is 0 Å². The first kappa shape index (κ1) is 16.5. The SMILES string of the molecule is CCNC1CC(C)CCC1C(C)(C)Cc1cccc(C)c1. The maximum absolute atomic E-state index is 3.77. The molecule has 2 rings (SSSR count). The minimum absolute atomic E-state index is 0.362. The van der Waals surface area contributed by atoms with E-state index in [1.165, 1.54) is 36.8 Å². The molecule has 0 heterocycles. The van der Waals surface area contributed by atoms with Crippen molar-refractivity contribution >= 4 is 0 Å². The number of aryl methyl sites for hydroxylation is 1. The Labute approximate surface area is 131 Å². The summed E-state index contributed by atoms with van der Waals surface area (Å²) in [4.78, 5) is 0. The van der Waals surface area contributed by atoms with E-state index < -0.39 is 0 Å². The number of rotatable bonds is 5. The molecule has 3 atom stereocenters. The molecular weight excluding hydrogens is 254 g/mol. The molecule has 1 fully saturated rings. The van der Waals surface area contributed by atoms with Crippen LogP contribution in [0.1, 0.15) is 58.1 Å². The van der Waals surface area contributed by atoms with E-state index in [1.54, 1.807) is 0 Å². The summed E-state index contributed by atoms with van der Waals surface area (Å²) in [5.41, 5.74) is 3.23. The first-order valence-corrected chi connectivity index (χ1v) is 8.71. The van der Waals surface area contributed by atoms with Crippen molar-refractivity contribution in [2.45, 2.75) is 66.3 Å². The normalized spacial score (nSPS) is 26.8. The van der Waals surface area contributed by atoms with Crippen molar-refractivity contribution in [3.05, 3.63) is 35.4 Å². The van der Waals surface area contributed by atoms with Gasteiger partial charge in [-0.2, -0.15) is 0 Å². The molecule has 0 aromatic heterocycles. The summed E-state index contributed by atoms with van der Waals surface area (Å²) in [6.45, 7) is 12.9. The van der Waals surface area contributed by atoms with E-state index in [0.29, 0.717) is 11.5 Å². The van der Waals surface area contributed by atoms with Crippen LogP contribution in [-0.2, 0) is 6.42 Å². The van der Waals surface area contributed by atoms with Crippen LogP contribution >= 0.6 is 0 Å². The fourth-order valence-electron chi connectivity index (χ4n) is 4.28. The second-order valence-corrected chi connectivity index (χ2v) is 7.84. The van der Waals surface area contributed by atoms with Gasteiger partial charge in [0.2, 0.25) is 0 Å². The molecule has 0 amide bonds. The van der Waals surface area contributed by atoms with E-state index in [1.807, 2.05) is 0 Å². The van der Waals surface area contributed by atoms with Gasteiger partial charge in [0.1, 0.15) is 0 Å². The van der Waals surface area contributed by atoms with Crippen LogP contribution in [0.15, 0.2) is 24.3 Å². The molecule has 1 nitrogen and oxygen atoms in total. The smallest absolute Gasteiger partial charge is 0.0103 e. The number of hydrogen-bond donors (Lipinski definition) is 1. The van der Waals surface area contributed by atoms with E-state index >= 15 is 0 Å². The van der Waals surface area contributed by atoms with Crippen molar-refractivity contribution in [3.63, 3.8) is 0 Å². The highest BCUT2D eigenvalue weighted by molar-refractivity contribution is 5.23. The molecule has 1 aliphatic carbocycles. The average molecular weight is 287 g/mol. The van der Waals surface area contributed by atoms with Crippen molar-refractivity contribution in [2.24, 2.45) is 17.3 Å². The van der Waals surface area contributed by atoms with Gasteiger partial charge in [-0.05, 0) is 55.5 Å². The zero-order valence-corrected chi connectivity index (χ0v) is 14.6. The highest BCUT2D eigenvalue weighted by atomic mass is 14.9. The van der Waals surface area contributed by atoms with Crippen LogP contribution in [-0.4, -0.2) is 12.6 Å². The van der Waals surface area contributed by atoms with Gasteiger partial charge in [0.15, 0.2) is 0 Å². The molecule has 1 aromatic rings. The van der Waals surface area contributed by atoms with Gasteiger partial charge in [-0.15, -0.1) is 0 Å². The molecule has 21 heavy (non-hydrogen) atoms. The summed E-state index contributed by atoms with van der Waals surface area (Å²) < 4.78 is 0. The highest BCUT2D eigenvalue weighted by Gasteiger charge is 2.38. The first-order chi connectivity index (χ1) is 9.92. The van der Waals surface area contributed by atoms with Crippen molar-refractivity contribution in [3.8, 4) is 0 Å². The van der Waals surface area contributed by atoms with Crippen molar-refractivity contribution in [1.29, 1.82) is 0 Å². The minimum atomic E-state index is 0.362. The summed E-state index contributed by atoms with van der Waals surface area (Å²) in [6, 6.07) is 9.74. The third kappa shape index (κ3) is 4.32. The molecule has 1 aliphatic rings. The quantitative estimate of drug-likeness (QED) is 0.805. The molecule has 1 N–H and O–H groups in total. The second-order valence-electron chi connectivity index (χ2n) is 7.84. The van der Waals surface area contributed by atoms with E-state index in [2.05, 4.69) is 64.2 Å². The third-order valence-electron chi connectivity index (χ3n) is 5.32. The van der Waals surface area contributed by atoms with Crippen LogP contribution in [0.25, 0.3) is 0 Å². The first-order valence-electron chi connectivity index (χ1n) is 8.71. The van der Waals surface area contributed by atoms with Crippen LogP contribution in [0.2, 0.25) is 0 Å². The summed E-state index contributed by atoms with van der Waals surface area (Å²) >= 11 is 0. The summed E-state index contributed by atoms with van der Waals surface area (Å²) in [6.07, 6.45) is 5.30. The Hall–Kier alpha value is -0.820. The Bertz CT molecular complexity index is 449. The fourth-order valence-corrected chi connectivity index (χ4v) is 4.28. The average Bonchev–Trinajstić information content (AvgIpc) is 2.38. The van der Waals surface area contributed by atoms with E-state index in [4.69, 9.17) is 0 Å². The van der Waals surface area contributed by atoms with Crippen molar-refractivity contribution in [2.75, 3.05) is 6.54 Å². The van der Waals surface area contributed by atoms with Crippen LogP contribution in [0, 0.1) is 24.2 Å². The second kappa shape index (κ2) is 6.96. The molecule has 1 saturated carbocycles. The Morgan fingerprint density at radius 2 is 2.00 bits per heavy atom. The number of nitrogens with one attached hydrogen (secondary N) is 1.